The lowest BCUT2D eigenvalue weighted by Gasteiger charge is -2.25. The summed E-state index contributed by atoms with van der Waals surface area (Å²) in [6.07, 6.45) is -0.124. The Kier molecular flexibility index (Phi) is 4.81. The zero-order valence-corrected chi connectivity index (χ0v) is 13.5. The molecule has 0 aromatic heterocycles. The molecule has 3 rings (SSSR count). The third-order valence-electron chi connectivity index (χ3n) is 4.38. The molecule has 126 valence electrons. The average molecular weight is 329 g/mol. The van der Waals surface area contributed by atoms with Gasteiger partial charge in [0, 0.05) is 6.54 Å². The van der Waals surface area contributed by atoms with E-state index in [1.165, 1.54) is 6.07 Å². The first-order valence-corrected chi connectivity index (χ1v) is 7.93. The molecule has 1 fully saturated rings. The molecule has 1 aliphatic rings. The molecule has 2 aromatic carbocycles. The number of halogens is 1. The van der Waals surface area contributed by atoms with Crippen molar-refractivity contribution < 1.29 is 19.0 Å². The third-order valence-corrected chi connectivity index (χ3v) is 4.38. The predicted molar refractivity (Wildman–Crippen MR) is 88.2 cm³/mol. The van der Waals surface area contributed by atoms with Crippen LogP contribution < -0.4 is 4.74 Å². The van der Waals surface area contributed by atoms with Gasteiger partial charge < -0.3 is 14.7 Å². The summed E-state index contributed by atoms with van der Waals surface area (Å²) in [6, 6.07) is 13.5. The van der Waals surface area contributed by atoms with Crippen molar-refractivity contribution in [3.63, 3.8) is 0 Å². The number of amides is 1. The fourth-order valence-corrected chi connectivity index (χ4v) is 3.16. The summed E-state index contributed by atoms with van der Waals surface area (Å²) in [6.45, 7) is 0.259. The molecule has 0 aliphatic carbocycles. The zero-order chi connectivity index (χ0) is 17.1. The number of rotatable bonds is 4. The van der Waals surface area contributed by atoms with Crippen molar-refractivity contribution in [1.82, 2.24) is 4.90 Å². The summed E-state index contributed by atoms with van der Waals surface area (Å²) < 4.78 is 19.0. The lowest BCUT2D eigenvalue weighted by Crippen LogP contribution is -2.33. The van der Waals surface area contributed by atoms with Gasteiger partial charge >= 0.3 is 0 Å². The van der Waals surface area contributed by atoms with Crippen molar-refractivity contribution in [2.75, 3.05) is 13.7 Å². The SMILES string of the molecule is COc1cccc(C2CC(O)CN2C(=O)Cc2ccccc2F)c1. The molecule has 0 saturated carbocycles. The number of likely N-dealkylation sites (tertiary alicyclic amines) is 1. The second-order valence-corrected chi connectivity index (χ2v) is 6.00. The van der Waals surface area contributed by atoms with Gasteiger partial charge in [-0.25, -0.2) is 4.39 Å². The van der Waals surface area contributed by atoms with Crippen LogP contribution in [-0.2, 0) is 11.2 Å². The molecule has 2 unspecified atom stereocenters. The molecule has 2 aromatic rings. The Balaban J connectivity index is 1.82. The van der Waals surface area contributed by atoms with E-state index in [2.05, 4.69) is 0 Å². The summed E-state index contributed by atoms with van der Waals surface area (Å²) in [4.78, 5) is 14.3. The average Bonchev–Trinajstić information content (AvgIpc) is 2.99. The van der Waals surface area contributed by atoms with Crippen LogP contribution in [0.2, 0.25) is 0 Å². The molecule has 1 heterocycles. The van der Waals surface area contributed by atoms with Crippen molar-refractivity contribution in [2.24, 2.45) is 0 Å². The molecule has 5 heteroatoms. The van der Waals surface area contributed by atoms with Crippen LogP contribution in [0.3, 0.4) is 0 Å². The largest absolute Gasteiger partial charge is 0.497 e. The van der Waals surface area contributed by atoms with Gasteiger partial charge in [-0.05, 0) is 35.7 Å². The van der Waals surface area contributed by atoms with E-state index in [4.69, 9.17) is 4.74 Å². The van der Waals surface area contributed by atoms with Crippen LogP contribution in [0.4, 0.5) is 4.39 Å². The maximum absolute atomic E-state index is 13.8. The smallest absolute Gasteiger partial charge is 0.227 e. The van der Waals surface area contributed by atoms with Gasteiger partial charge in [-0.1, -0.05) is 30.3 Å². The number of aliphatic hydroxyl groups excluding tert-OH is 1. The topological polar surface area (TPSA) is 49.8 Å². The molecule has 24 heavy (non-hydrogen) atoms. The number of benzene rings is 2. The van der Waals surface area contributed by atoms with E-state index in [1.54, 1.807) is 30.2 Å². The molecule has 4 nitrogen and oxygen atoms in total. The monoisotopic (exact) mass is 329 g/mol. The molecule has 1 N–H and O–H groups in total. The van der Waals surface area contributed by atoms with E-state index >= 15 is 0 Å². The van der Waals surface area contributed by atoms with E-state index in [0.717, 1.165) is 5.56 Å². The van der Waals surface area contributed by atoms with Gasteiger partial charge in [-0.2, -0.15) is 0 Å². The van der Waals surface area contributed by atoms with Gasteiger partial charge in [0.1, 0.15) is 11.6 Å². The summed E-state index contributed by atoms with van der Waals surface area (Å²) in [5.41, 5.74) is 1.28. The molecule has 0 spiro atoms. The van der Waals surface area contributed by atoms with E-state index < -0.39 is 6.10 Å². The number of carbonyl (C=O) groups excluding carboxylic acids is 1. The molecule has 0 bridgehead atoms. The molecular weight excluding hydrogens is 309 g/mol. The highest BCUT2D eigenvalue weighted by molar-refractivity contribution is 5.79. The number of methoxy groups -OCH3 is 1. The number of carbonyl (C=O) groups is 1. The molecule has 0 radical (unpaired) electrons. The maximum Gasteiger partial charge on any atom is 0.227 e. The predicted octanol–water partition coefficient (Wildman–Crippen LogP) is 2.71. The Hall–Kier alpha value is -2.40. The van der Waals surface area contributed by atoms with Crippen molar-refractivity contribution in [1.29, 1.82) is 0 Å². The van der Waals surface area contributed by atoms with Crippen LogP contribution in [-0.4, -0.2) is 35.7 Å². The van der Waals surface area contributed by atoms with Crippen LogP contribution in [0.25, 0.3) is 0 Å². The van der Waals surface area contributed by atoms with Gasteiger partial charge in [0.2, 0.25) is 5.91 Å². The van der Waals surface area contributed by atoms with Crippen molar-refractivity contribution in [2.45, 2.75) is 25.0 Å². The minimum atomic E-state index is -0.578. The number of nitrogens with zero attached hydrogens (tertiary/aromatic N) is 1. The van der Waals surface area contributed by atoms with Crippen LogP contribution >= 0.6 is 0 Å². The number of aliphatic hydroxyl groups is 1. The highest BCUT2D eigenvalue weighted by atomic mass is 19.1. The second kappa shape index (κ2) is 7.01. The van der Waals surface area contributed by atoms with E-state index in [-0.39, 0.29) is 30.7 Å². The van der Waals surface area contributed by atoms with Crippen molar-refractivity contribution in [3.05, 3.63) is 65.5 Å². The Morgan fingerprint density at radius 2 is 2.08 bits per heavy atom. The first-order chi connectivity index (χ1) is 11.6. The van der Waals surface area contributed by atoms with E-state index in [1.807, 2.05) is 24.3 Å². The number of hydrogen-bond donors (Lipinski definition) is 1. The third kappa shape index (κ3) is 3.41. The molecule has 2 atom stereocenters. The fraction of sp³-hybridized carbons (Fsp3) is 0.316. The minimum Gasteiger partial charge on any atom is -0.497 e. The normalized spacial score (nSPS) is 20.2. The molecule has 1 saturated heterocycles. The maximum atomic E-state index is 13.8. The van der Waals surface area contributed by atoms with Gasteiger partial charge in [0.15, 0.2) is 0 Å². The zero-order valence-electron chi connectivity index (χ0n) is 13.5. The fourth-order valence-electron chi connectivity index (χ4n) is 3.16. The first kappa shape index (κ1) is 16.5. The second-order valence-electron chi connectivity index (χ2n) is 6.00. The summed E-state index contributed by atoms with van der Waals surface area (Å²) in [5.74, 6) is 0.128. The summed E-state index contributed by atoms with van der Waals surface area (Å²) in [5, 5.41) is 10.0. The van der Waals surface area contributed by atoms with Gasteiger partial charge in [0.05, 0.1) is 25.7 Å². The quantitative estimate of drug-likeness (QED) is 0.938. The summed E-state index contributed by atoms with van der Waals surface area (Å²) >= 11 is 0. The molecule has 1 aliphatic heterocycles. The Morgan fingerprint density at radius 3 is 2.83 bits per heavy atom. The lowest BCUT2D eigenvalue weighted by atomic mass is 10.0. The van der Waals surface area contributed by atoms with Crippen LogP contribution in [0.1, 0.15) is 23.6 Å². The van der Waals surface area contributed by atoms with E-state index in [0.29, 0.717) is 17.7 Å². The first-order valence-electron chi connectivity index (χ1n) is 7.93. The number of ether oxygens (including phenoxy) is 1. The molecule has 1 amide bonds. The molecular formula is C19H20FNO3. The van der Waals surface area contributed by atoms with Gasteiger partial charge in [0.25, 0.3) is 0 Å². The minimum absolute atomic E-state index is 0.0140. The van der Waals surface area contributed by atoms with Crippen molar-refractivity contribution >= 4 is 5.91 Å². The number of hydrogen-bond acceptors (Lipinski definition) is 3. The van der Waals surface area contributed by atoms with E-state index in [9.17, 15) is 14.3 Å². The Labute approximate surface area is 140 Å². The van der Waals surface area contributed by atoms with Crippen molar-refractivity contribution in [3.8, 4) is 5.75 Å². The van der Waals surface area contributed by atoms with Crippen LogP contribution in [0.5, 0.6) is 5.75 Å². The lowest BCUT2D eigenvalue weighted by molar-refractivity contribution is -0.131. The Morgan fingerprint density at radius 1 is 1.29 bits per heavy atom. The standard InChI is InChI=1S/C19H20FNO3/c1-24-16-7-4-6-14(9-16)18-11-15(22)12-21(18)19(23)10-13-5-2-3-8-17(13)20/h2-9,15,18,22H,10-12H2,1H3. The van der Waals surface area contributed by atoms with Crippen LogP contribution in [0, 0.1) is 5.82 Å². The van der Waals surface area contributed by atoms with Gasteiger partial charge in [-0.3, -0.25) is 4.79 Å². The van der Waals surface area contributed by atoms with Gasteiger partial charge in [-0.15, -0.1) is 0 Å². The highest BCUT2D eigenvalue weighted by Crippen LogP contribution is 2.34. The highest BCUT2D eigenvalue weighted by Gasteiger charge is 2.35. The Bertz CT molecular complexity index is 734. The summed E-state index contributed by atoms with van der Waals surface area (Å²) in [7, 11) is 1.59. The van der Waals surface area contributed by atoms with Crippen LogP contribution in [0.15, 0.2) is 48.5 Å². The number of β-amino-alcohol motifs (C(OH)–C–C–N with tert-alkyl or cyclic N) is 1.